The first kappa shape index (κ1) is 15.8. The Morgan fingerprint density at radius 1 is 0.622 bits per heavy atom. The number of imidazole rings is 1. The zero-order valence-corrected chi connectivity index (χ0v) is 23.7. The van der Waals surface area contributed by atoms with Crippen LogP contribution in [0.4, 0.5) is 0 Å². The molecular formula is C43H30N2. The molecule has 0 aliphatic heterocycles. The summed E-state index contributed by atoms with van der Waals surface area (Å²) < 4.78 is 116. The maximum Gasteiger partial charge on any atom is 0.114 e. The molecular weight excluding hydrogens is 544 g/mol. The monoisotopic (exact) mass is 587 g/mol. The van der Waals surface area contributed by atoms with E-state index in [1.165, 1.54) is 4.57 Å². The van der Waals surface area contributed by atoms with E-state index in [2.05, 4.69) is 4.98 Å². The zero-order chi connectivity index (χ0) is 41.2. The van der Waals surface area contributed by atoms with Gasteiger partial charge in [0.05, 0.1) is 22.0 Å². The summed E-state index contributed by atoms with van der Waals surface area (Å²) in [5, 5.41) is 3.61. The molecule has 0 amide bonds. The Labute approximate surface area is 280 Å². The fraction of sp³-hybridized carbons (Fsp3) is 0.0465. The number of rotatable bonds is 4. The number of aromatic nitrogens is 2. The van der Waals surface area contributed by atoms with Crippen molar-refractivity contribution in [1.82, 2.24) is 9.55 Å². The minimum absolute atomic E-state index is 0.0519. The van der Waals surface area contributed by atoms with Crippen molar-refractivity contribution in [2.45, 2.75) is 13.2 Å². The lowest BCUT2D eigenvalue weighted by Crippen LogP contribution is -2.00. The molecule has 45 heavy (non-hydrogen) atoms. The van der Waals surface area contributed by atoms with Crippen LogP contribution in [0.25, 0.3) is 82.1 Å². The van der Waals surface area contributed by atoms with E-state index in [0.29, 0.717) is 27.8 Å². The lowest BCUT2D eigenvalue weighted by atomic mass is 9.84. The highest BCUT2D eigenvalue weighted by Crippen LogP contribution is 2.46. The zero-order valence-electron chi connectivity index (χ0n) is 36.7. The quantitative estimate of drug-likeness (QED) is 0.148. The first-order valence-corrected chi connectivity index (χ1v) is 14.5. The summed E-state index contributed by atoms with van der Waals surface area (Å²) in [5.41, 5.74) is 2.43. The van der Waals surface area contributed by atoms with E-state index in [9.17, 15) is 5.48 Å². The summed E-state index contributed by atoms with van der Waals surface area (Å²) in [7, 11) is 0. The molecule has 2 nitrogen and oxygen atoms in total. The van der Waals surface area contributed by atoms with Crippen LogP contribution in [0, 0.1) is 0 Å². The molecule has 0 saturated carbocycles. The molecule has 0 bridgehead atoms. The Bertz CT molecular complexity index is 3140. The molecule has 0 N–H and O–H groups in total. The predicted molar refractivity (Wildman–Crippen MR) is 191 cm³/mol. The van der Waals surface area contributed by atoms with Crippen LogP contribution < -0.4 is 0 Å². The third kappa shape index (κ3) is 3.92. The van der Waals surface area contributed by atoms with Crippen molar-refractivity contribution in [1.29, 1.82) is 0 Å². The average Bonchev–Trinajstić information content (AvgIpc) is 3.62. The largest absolute Gasteiger partial charge is 0.296 e. The van der Waals surface area contributed by atoms with Crippen LogP contribution in [0.1, 0.15) is 30.5 Å². The van der Waals surface area contributed by atoms with Crippen LogP contribution in [0.2, 0.25) is 0 Å². The van der Waals surface area contributed by atoms with Crippen LogP contribution in [-0.2, 0) is 6.37 Å². The number of hydrogen-bond donors (Lipinski definition) is 0. The van der Waals surface area contributed by atoms with Gasteiger partial charge in [-0.15, -0.1) is 0 Å². The SMILES string of the molecule is [2H]c1c([2H])c([2H])c2c(-c3cc4ccccc4c4ccccc34)c3c([2H])c([2H])c([2H])c([2H])c3c(-c3ccc(-n4c(C([2H])([2H])C([2H])([2H])[2H])nc5ccccc54)cc3)c2c1[2H]. The molecule has 0 saturated heterocycles. The van der Waals surface area contributed by atoms with Gasteiger partial charge in [0.1, 0.15) is 5.82 Å². The lowest BCUT2D eigenvalue weighted by molar-refractivity contribution is 0.908. The maximum absolute atomic E-state index is 9.40. The Balaban J connectivity index is 1.44. The van der Waals surface area contributed by atoms with E-state index in [1.54, 1.807) is 48.5 Å². The third-order valence-electron chi connectivity index (χ3n) is 8.50. The second-order valence-corrected chi connectivity index (χ2v) is 10.9. The summed E-state index contributed by atoms with van der Waals surface area (Å²) in [4.78, 5) is 4.41. The molecule has 2 heteroatoms. The Hall–Kier alpha value is -5.73. The van der Waals surface area contributed by atoms with Gasteiger partial charge in [0, 0.05) is 18.9 Å². The predicted octanol–water partition coefficient (Wildman–Crippen LogP) is 11.5. The highest BCUT2D eigenvalue weighted by atomic mass is 15.1. The van der Waals surface area contributed by atoms with Crippen LogP contribution >= 0.6 is 0 Å². The molecule has 1 heterocycles. The van der Waals surface area contributed by atoms with Gasteiger partial charge < -0.3 is 0 Å². The van der Waals surface area contributed by atoms with E-state index >= 15 is 0 Å². The number of benzene rings is 8. The van der Waals surface area contributed by atoms with Crippen LogP contribution in [0.3, 0.4) is 0 Å². The van der Waals surface area contributed by atoms with Crippen LogP contribution in [0.5, 0.6) is 0 Å². The second kappa shape index (κ2) is 10.2. The van der Waals surface area contributed by atoms with E-state index in [0.717, 1.165) is 21.5 Å². The van der Waals surface area contributed by atoms with Gasteiger partial charge >= 0.3 is 0 Å². The third-order valence-corrected chi connectivity index (χ3v) is 8.50. The molecule has 1 aromatic heterocycles. The summed E-state index contributed by atoms with van der Waals surface area (Å²) in [6.07, 6.45) is -2.86. The highest BCUT2D eigenvalue weighted by molar-refractivity contribution is 6.25. The molecule has 0 aliphatic rings. The molecule has 0 aliphatic carbocycles. The molecule has 0 spiro atoms. The number of para-hydroxylation sites is 2. The fourth-order valence-electron chi connectivity index (χ4n) is 6.59. The molecule has 0 radical (unpaired) electrons. The Morgan fingerprint density at radius 2 is 1.22 bits per heavy atom. The van der Waals surface area contributed by atoms with Crippen molar-refractivity contribution in [2.24, 2.45) is 0 Å². The molecule has 9 rings (SSSR count). The van der Waals surface area contributed by atoms with Gasteiger partial charge in [0.15, 0.2) is 0 Å². The molecule has 212 valence electrons. The Morgan fingerprint density at radius 3 is 1.93 bits per heavy atom. The number of nitrogens with zero attached hydrogens (tertiary/aromatic N) is 2. The van der Waals surface area contributed by atoms with Crippen molar-refractivity contribution >= 4 is 54.1 Å². The summed E-state index contributed by atoms with van der Waals surface area (Å²) in [6.45, 7) is -3.06. The van der Waals surface area contributed by atoms with Gasteiger partial charge in [-0.2, -0.15) is 0 Å². The second-order valence-electron chi connectivity index (χ2n) is 10.9. The molecule has 0 unspecified atom stereocenters. The van der Waals surface area contributed by atoms with Gasteiger partial charge in [-0.3, -0.25) is 4.57 Å². The summed E-state index contributed by atoms with van der Waals surface area (Å²) >= 11 is 0. The van der Waals surface area contributed by atoms with Gasteiger partial charge in [-0.1, -0.05) is 128 Å². The van der Waals surface area contributed by atoms with Crippen LogP contribution in [0.15, 0.2) is 151 Å². The fourth-order valence-corrected chi connectivity index (χ4v) is 6.59. The van der Waals surface area contributed by atoms with E-state index in [4.69, 9.17) is 12.3 Å². The van der Waals surface area contributed by atoms with Gasteiger partial charge in [0.2, 0.25) is 0 Å². The van der Waals surface area contributed by atoms with Gasteiger partial charge in [-0.25, -0.2) is 4.98 Å². The van der Waals surface area contributed by atoms with Crippen molar-refractivity contribution < 1.29 is 17.8 Å². The Kier molecular flexibility index (Phi) is 3.58. The topological polar surface area (TPSA) is 17.8 Å². The minimum Gasteiger partial charge on any atom is -0.296 e. The van der Waals surface area contributed by atoms with Crippen LogP contribution in [-0.4, -0.2) is 9.55 Å². The normalized spacial score (nSPS) is 16.5. The molecule has 9 aromatic rings. The van der Waals surface area contributed by atoms with E-state index < -0.39 is 49.5 Å². The van der Waals surface area contributed by atoms with Crippen molar-refractivity contribution in [2.75, 3.05) is 0 Å². The van der Waals surface area contributed by atoms with Gasteiger partial charge in [0.25, 0.3) is 0 Å². The first-order valence-electron chi connectivity index (χ1n) is 21.0. The molecule has 0 atom stereocenters. The minimum atomic E-state index is -3.06. The van der Waals surface area contributed by atoms with E-state index in [-0.39, 0.29) is 50.6 Å². The van der Waals surface area contributed by atoms with Crippen molar-refractivity contribution in [3.8, 4) is 27.9 Å². The smallest absolute Gasteiger partial charge is 0.114 e. The number of aryl methyl sites for hydroxylation is 1. The average molecular weight is 588 g/mol. The molecule has 8 aromatic carbocycles. The van der Waals surface area contributed by atoms with Gasteiger partial charge in [-0.05, 0) is 95.7 Å². The molecule has 0 fully saturated rings. The maximum atomic E-state index is 9.40. The first-order chi connectivity index (χ1) is 27.5. The van der Waals surface area contributed by atoms with E-state index in [1.807, 2.05) is 54.6 Å². The number of fused-ring (bicyclic) bond motifs is 6. The highest BCUT2D eigenvalue weighted by Gasteiger charge is 2.19. The summed E-state index contributed by atoms with van der Waals surface area (Å²) in [5.74, 6) is -0.340. The summed E-state index contributed by atoms with van der Waals surface area (Å²) in [6, 6.07) is 26.8. The van der Waals surface area contributed by atoms with Crippen molar-refractivity contribution in [3.05, 3.63) is 157 Å². The standard InChI is InChI=1S/C43H30N2/c1-2-41-44-39-21-11-12-22-40(39)45(41)30-25-23-28(24-26-30)42-34-17-7-9-19-36(34)43(37-20-10-8-18-35(37)42)38-27-29-13-3-4-14-31(29)32-15-5-6-16-33(32)38/h3-27H,2H2,1H3/i1D3,2D2,7D,8D,9D,10D,17D,18D,19D,20D. The number of hydrogen-bond acceptors (Lipinski definition) is 1. The van der Waals surface area contributed by atoms with Crippen molar-refractivity contribution in [3.63, 3.8) is 0 Å². The lowest BCUT2D eigenvalue weighted by Gasteiger charge is -2.20.